The van der Waals surface area contributed by atoms with Gasteiger partial charge in [0.05, 0.1) is 0 Å². The Balaban J connectivity index is 3.97. The minimum atomic E-state index is 0.558. The Morgan fingerprint density at radius 1 is 0.941 bits per heavy atom. The van der Waals surface area contributed by atoms with Crippen LogP contribution in [-0.4, -0.2) is 13.1 Å². The van der Waals surface area contributed by atoms with Crippen molar-refractivity contribution in [1.29, 1.82) is 0 Å². The highest BCUT2D eigenvalue weighted by atomic mass is 14.9. The maximum absolute atomic E-state index is 3.67. The summed E-state index contributed by atoms with van der Waals surface area (Å²) in [6, 6.07) is 0. The lowest BCUT2D eigenvalue weighted by atomic mass is 9.77. The molecule has 0 radical (unpaired) electrons. The molecule has 17 heavy (non-hydrogen) atoms. The fourth-order valence-corrected chi connectivity index (χ4v) is 2.49. The van der Waals surface area contributed by atoms with Gasteiger partial charge in [0.25, 0.3) is 0 Å². The second-order valence-electron chi connectivity index (χ2n) is 6.04. The zero-order chi connectivity index (χ0) is 13.1. The van der Waals surface area contributed by atoms with Gasteiger partial charge < -0.3 is 5.32 Å². The van der Waals surface area contributed by atoms with E-state index in [4.69, 9.17) is 0 Å². The third kappa shape index (κ3) is 7.81. The molecule has 0 rings (SSSR count). The molecule has 0 aromatic carbocycles. The SMILES string of the molecule is CCCCCCC(CC)(CC)CNCC(C)C. The molecule has 0 aliphatic carbocycles. The highest BCUT2D eigenvalue weighted by Crippen LogP contribution is 2.32. The Morgan fingerprint density at radius 3 is 2.06 bits per heavy atom. The standard InChI is InChI=1S/C16H35N/c1-6-9-10-11-12-16(7-2,8-3)14-17-13-15(4)5/h15,17H,6-14H2,1-5H3. The quantitative estimate of drug-likeness (QED) is 0.501. The maximum Gasteiger partial charge on any atom is 0.000771 e. The van der Waals surface area contributed by atoms with Crippen LogP contribution in [0.3, 0.4) is 0 Å². The summed E-state index contributed by atoms with van der Waals surface area (Å²) >= 11 is 0. The van der Waals surface area contributed by atoms with Crippen LogP contribution in [0.5, 0.6) is 0 Å². The van der Waals surface area contributed by atoms with Crippen molar-refractivity contribution in [1.82, 2.24) is 5.32 Å². The monoisotopic (exact) mass is 241 g/mol. The van der Waals surface area contributed by atoms with Gasteiger partial charge in [-0.1, -0.05) is 60.3 Å². The van der Waals surface area contributed by atoms with Crippen LogP contribution in [0.25, 0.3) is 0 Å². The van der Waals surface area contributed by atoms with Crippen LogP contribution >= 0.6 is 0 Å². The molecule has 1 heteroatoms. The van der Waals surface area contributed by atoms with Gasteiger partial charge in [-0.2, -0.15) is 0 Å². The Hall–Kier alpha value is -0.0400. The zero-order valence-electron chi connectivity index (χ0n) is 12.9. The summed E-state index contributed by atoms with van der Waals surface area (Å²) in [7, 11) is 0. The van der Waals surface area contributed by atoms with Crippen molar-refractivity contribution in [2.45, 2.75) is 79.6 Å². The highest BCUT2D eigenvalue weighted by molar-refractivity contribution is 4.79. The van der Waals surface area contributed by atoms with Crippen molar-refractivity contribution in [2.24, 2.45) is 11.3 Å². The summed E-state index contributed by atoms with van der Waals surface area (Å²) in [6.45, 7) is 14.0. The Bertz CT molecular complexity index is 159. The molecule has 0 saturated carbocycles. The van der Waals surface area contributed by atoms with E-state index in [2.05, 4.69) is 39.9 Å². The predicted molar refractivity (Wildman–Crippen MR) is 79.5 cm³/mol. The number of hydrogen-bond donors (Lipinski definition) is 1. The van der Waals surface area contributed by atoms with Crippen LogP contribution in [-0.2, 0) is 0 Å². The smallest absolute Gasteiger partial charge is 0.000771 e. The summed E-state index contributed by atoms with van der Waals surface area (Å²) in [5, 5.41) is 3.67. The van der Waals surface area contributed by atoms with E-state index < -0.39 is 0 Å². The van der Waals surface area contributed by atoms with Gasteiger partial charge >= 0.3 is 0 Å². The van der Waals surface area contributed by atoms with E-state index in [-0.39, 0.29) is 0 Å². The van der Waals surface area contributed by atoms with Gasteiger partial charge in [-0.15, -0.1) is 0 Å². The Morgan fingerprint density at radius 2 is 1.59 bits per heavy atom. The summed E-state index contributed by atoms with van der Waals surface area (Å²) in [4.78, 5) is 0. The first kappa shape index (κ1) is 17.0. The molecule has 0 spiro atoms. The first-order chi connectivity index (χ1) is 8.10. The van der Waals surface area contributed by atoms with Crippen molar-refractivity contribution < 1.29 is 0 Å². The molecule has 0 aliphatic heterocycles. The van der Waals surface area contributed by atoms with Gasteiger partial charge in [0, 0.05) is 6.54 Å². The molecule has 0 heterocycles. The largest absolute Gasteiger partial charge is 0.316 e. The minimum absolute atomic E-state index is 0.558. The molecule has 0 bridgehead atoms. The number of unbranched alkanes of at least 4 members (excludes halogenated alkanes) is 3. The lowest BCUT2D eigenvalue weighted by molar-refractivity contribution is 0.217. The van der Waals surface area contributed by atoms with Gasteiger partial charge in [-0.3, -0.25) is 0 Å². The van der Waals surface area contributed by atoms with Crippen molar-refractivity contribution in [2.75, 3.05) is 13.1 Å². The van der Waals surface area contributed by atoms with E-state index in [1.54, 1.807) is 0 Å². The summed E-state index contributed by atoms with van der Waals surface area (Å²) in [5.41, 5.74) is 0.558. The van der Waals surface area contributed by atoms with Gasteiger partial charge in [0.15, 0.2) is 0 Å². The van der Waals surface area contributed by atoms with E-state index in [1.807, 2.05) is 0 Å². The van der Waals surface area contributed by atoms with Crippen molar-refractivity contribution in [3.8, 4) is 0 Å². The molecule has 0 saturated heterocycles. The van der Waals surface area contributed by atoms with Crippen LogP contribution in [0.15, 0.2) is 0 Å². The van der Waals surface area contributed by atoms with E-state index in [9.17, 15) is 0 Å². The average Bonchev–Trinajstić information content (AvgIpc) is 2.32. The molecule has 1 nitrogen and oxygen atoms in total. The van der Waals surface area contributed by atoms with E-state index in [0.717, 1.165) is 12.5 Å². The molecule has 0 aromatic heterocycles. The second-order valence-corrected chi connectivity index (χ2v) is 6.04. The molecule has 0 amide bonds. The van der Waals surface area contributed by atoms with Crippen LogP contribution < -0.4 is 5.32 Å². The van der Waals surface area contributed by atoms with Gasteiger partial charge in [0.2, 0.25) is 0 Å². The fraction of sp³-hybridized carbons (Fsp3) is 1.00. The molecule has 0 atom stereocenters. The molecule has 0 aliphatic rings. The third-order valence-corrected chi connectivity index (χ3v) is 4.11. The minimum Gasteiger partial charge on any atom is -0.316 e. The van der Waals surface area contributed by atoms with Crippen LogP contribution in [0.2, 0.25) is 0 Å². The van der Waals surface area contributed by atoms with Gasteiger partial charge in [-0.05, 0) is 37.1 Å². The summed E-state index contributed by atoms with van der Waals surface area (Å²) < 4.78 is 0. The molecule has 0 aromatic rings. The van der Waals surface area contributed by atoms with Crippen molar-refractivity contribution >= 4 is 0 Å². The maximum atomic E-state index is 3.67. The Labute approximate surface area is 110 Å². The van der Waals surface area contributed by atoms with Crippen LogP contribution in [0.1, 0.15) is 79.6 Å². The summed E-state index contributed by atoms with van der Waals surface area (Å²) in [5.74, 6) is 0.765. The van der Waals surface area contributed by atoms with E-state index >= 15 is 0 Å². The molecule has 0 unspecified atom stereocenters. The van der Waals surface area contributed by atoms with E-state index in [1.165, 1.54) is 51.5 Å². The third-order valence-electron chi connectivity index (χ3n) is 4.11. The molecule has 1 N–H and O–H groups in total. The number of rotatable bonds is 11. The topological polar surface area (TPSA) is 12.0 Å². The van der Waals surface area contributed by atoms with E-state index in [0.29, 0.717) is 5.41 Å². The van der Waals surface area contributed by atoms with Gasteiger partial charge in [0.1, 0.15) is 0 Å². The first-order valence-corrected chi connectivity index (χ1v) is 7.81. The lowest BCUT2D eigenvalue weighted by Gasteiger charge is -2.32. The normalized spacial score (nSPS) is 12.4. The molecule has 104 valence electrons. The molecule has 0 fully saturated rings. The molecular formula is C16H35N. The van der Waals surface area contributed by atoms with Crippen molar-refractivity contribution in [3.05, 3.63) is 0 Å². The van der Waals surface area contributed by atoms with Gasteiger partial charge in [-0.25, -0.2) is 0 Å². The average molecular weight is 241 g/mol. The predicted octanol–water partition coefficient (Wildman–Crippen LogP) is 5.01. The first-order valence-electron chi connectivity index (χ1n) is 7.81. The number of nitrogens with one attached hydrogen (secondary N) is 1. The highest BCUT2D eigenvalue weighted by Gasteiger charge is 2.24. The Kier molecular flexibility index (Phi) is 9.91. The van der Waals surface area contributed by atoms with Crippen molar-refractivity contribution in [3.63, 3.8) is 0 Å². The zero-order valence-corrected chi connectivity index (χ0v) is 12.9. The van der Waals surface area contributed by atoms with Crippen LogP contribution in [0, 0.1) is 11.3 Å². The lowest BCUT2D eigenvalue weighted by Crippen LogP contribution is -2.35. The molecular weight excluding hydrogens is 206 g/mol. The second kappa shape index (κ2) is 9.94. The summed E-state index contributed by atoms with van der Waals surface area (Å²) in [6.07, 6.45) is 9.63. The fourth-order valence-electron chi connectivity index (χ4n) is 2.49. The number of hydrogen-bond acceptors (Lipinski definition) is 1. The van der Waals surface area contributed by atoms with Crippen LogP contribution in [0.4, 0.5) is 0 Å².